The molecule has 0 aliphatic carbocycles. The molecule has 5 heteroatoms. The lowest BCUT2D eigenvalue weighted by atomic mass is 9.98. The third-order valence-corrected chi connectivity index (χ3v) is 3.87. The Kier molecular flexibility index (Phi) is 3.78. The van der Waals surface area contributed by atoms with E-state index in [-0.39, 0.29) is 12.7 Å². The molecule has 0 radical (unpaired) electrons. The summed E-state index contributed by atoms with van der Waals surface area (Å²) in [6.45, 7) is 5.59. The zero-order chi connectivity index (χ0) is 13.9. The summed E-state index contributed by atoms with van der Waals surface area (Å²) in [4.78, 5) is 14.2. The Morgan fingerprint density at radius 2 is 2.15 bits per heavy atom. The predicted octanol–water partition coefficient (Wildman–Crippen LogP) is 1.37. The van der Waals surface area contributed by atoms with Crippen LogP contribution in [0, 0.1) is 5.92 Å². The molecule has 1 N–H and O–H groups in total. The largest absolute Gasteiger partial charge is 0.454 e. The molecule has 1 aromatic carbocycles. The molecule has 108 valence electrons. The first-order valence-electron chi connectivity index (χ1n) is 7.13. The van der Waals surface area contributed by atoms with Crippen LogP contribution in [0.5, 0.6) is 11.5 Å². The smallest absolute Gasteiger partial charge is 0.231 e. The molecule has 2 heterocycles. The van der Waals surface area contributed by atoms with Gasteiger partial charge < -0.3 is 19.7 Å². The molecule has 1 fully saturated rings. The van der Waals surface area contributed by atoms with Crippen molar-refractivity contribution >= 4 is 5.91 Å². The van der Waals surface area contributed by atoms with E-state index < -0.39 is 0 Å². The Bertz CT molecular complexity index is 500. The van der Waals surface area contributed by atoms with E-state index >= 15 is 0 Å². The van der Waals surface area contributed by atoms with E-state index in [2.05, 4.69) is 5.32 Å². The van der Waals surface area contributed by atoms with Crippen molar-refractivity contribution in [3.63, 3.8) is 0 Å². The normalized spacial score (nSPS) is 16.9. The van der Waals surface area contributed by atoms with Crippen LogP contribution in [0.25, 0.3) is 0 Å². The summed E-state index contributed by atoms with van der Waals surface area (Å²) < 4.78 is 10.7. The van der Waals surface area contributed by atoms with Crippen molar-refractivity contribution < 1.29 is 14.3 Å². The molecule has 0 atom stereocenters. The SMILES string of the molecule is CCN(Cc1ccc2c(c1)OCO2)C(=O)CC1CNC1. The number of hydrogen-bond donors (Lipinski definition) is 1. The summed E-state index contributed by atoms with van der Waals surface area (Å²) in [7, 11) is 0. The van der Waals surface area contributed by atoms with Gasteiger partial charge in [-0.15, -0.1) is 0 Å². The number of hydrogen-bond acceptors (Lipinski definition) is 4. The maximum Gasteiger partial charge on any atom is 0.231 e. The van der Waals surface area contributed by atoms with Crippen LogP contribution in [0.3, 0.4) is 0 Å². The third kappa shape index (κ3) is 2.72. The van der Waals surface area contributed by atoms with Gasteiger partial charge >= 0.3 is 0 Å². The van der Waals surface area contributed by atoms with Crippen molar-refractivity contribution in [3.8, 4) is 11.5 Å². The number of nitrogens with zero attached hydrogens (tertiary/aromatic N) is 1. The summed E-state index contributed by atoms with van der Waals surface area (Å²) in [5, 5.41) is 3.20. The van der Waals surface area contributed by atoms with Crippen LogP contribution in [0.15, 0.2) is 18.2 Å². The molecule has 3 rings (SSSR count). The van der Waals surface area contributed by atoms with Gasteiger partial charge in [0.25, 0.3) is 0 Å². The molecule has 0 saturated carbocycles. The van der Waals surface area contributed by atoms with Gasteiger partial charge in [-0.25, -0.2) is 0 Å². The average Bonchev–Trinajstić information content (AvgIpc) is 2.87. The highest BCUT2D eigenvalue weighted by molar-refractivity contribution is 5.76. The molecule has 0 bridgehead atoms. The number of carbonyl (C=O) groups is 1. The zero-order valence-corrected chi connectivity index (χ0v) is 11.7. The number of rotatable bonds is 5. The number of fused-ring (bicyclic) bond motifs is 1. The second-order valence-corrected chi connectivity index (χ2v) is 5.32. The van der Waals surface area contributed by atoms with Gasteiger partial charge in [-0.3, -0.25) is 4.79 Å². The second kappa shape index (κ2) is 5.71. The first-order valence-corrected chi connectivity index (χ1v) is 7.13. The second-order valence-electron chi connectivity index (χ2n) is 5.32. The highest BCUT2D eigenvalue weighted by atomic mass is 16.7. The van der Waals surface area contributed by atoms with Crippen LogP contribution < -0.4 is 14.8 Å². The highest BCUT2D eigenvalue weighted by Gasteiger charge is 2.23. The fraction of sp³-hybridized carbons (Fsp3) is 0.533. The van der Waals surface area contributed by atoms with Crippen molar-refractivity contribution in [2.75, 3.05) is 26.4 Å². The summed E-state index contributed by atoms with van der Waals surface area (Å²) in [5.41, 5.74) is 1.08. The summed E-state index contributed by atoms with van der Waals surface area (Å²) >= 11 is 0. The Labute approximate surface area is 118 Å². The highest BCUT2D eigenvalue weighted by Crippen LogP contribution is 2.32. The first kappa shape index (κ1) is 13.2. The van der Waals surface area contributed by atoms with Crippen LogP contribution in [0.1, 0.15) is 18.9 Å². The molecule has 2 aliphatic heterocycles. The Morgan fingerprint density at radius 1 is 1.35 bits per heavy atom. The van der Waals surface area contributed by atoms with Gasteiger partial charge in [0.1, 0.15) is 0 Å². The number of benzene rings is 1. The van der Waals surface area contributed by atoms with Gasteiger partial charge in [-0.05, 0) is 43.6 Å². The summed E-state index contributed by atoms with van der Waals surface area (Å²) in [6, 6.07) is 5.86. The fourth-order valence-corrected chi connectivity index (χ4v) is 2.50. The number of ether oxygens (including phenoxy) is 2. The molecule has 20 heavy (non-hydrogen) atoms. The van der Waals surface area contributed by atoms with E-state index in [0.717, 1.165) is 36.7 Å². The zero-order valence-electron chi connectivity index (χ0n) is 11.7. The maximum atomic E-state index is 12.3. The first-order chi connectivity index (χ1) is 9.76. The molecule has 5 nitrogen and oxygen atoms in total. The molecular weight excluding hydrogens is 256 g/mol. The molecule has 0 aromatic heterocycles. The van der Waals surface area contributed by atoms with Gasteiger partial charge in [0.2, 0.25) is 12.7 Å². The van der Waals surface area contributed by atoms with Crippen LogP contribution in [-0.2, 0) is 11.3 Å². The molecule has 2 aliphatic rings. The number of nitrogens with one attached hydrogen (secondary N) is 1. The van der Waals surface area contributed by atoms with Crippen molar-refractivity contribution in [2.45, 2.75) is 19.9 Å². The standard InChI is InChI=1S/C15H20N2O3/c1-2-17(15(18)6-12-7-16-8-12)9-11-3-4-13-14(5-11)20-10-19-13/h3-5,12,16H,2,6-10H2,1H3. The lowest BCUT2D eigenvalue weighted by molar-refractivity contribution is -0.133. The van der Waals surface area contributed by atoms with Gasteiger partial charge in [0, 0.05) is 19.5 Å². The van der Waals surface area contributed by atoms with Crippen LogP contribution in [-0.4, -0.2) is 37.2 Å². The quantitative estimate of drug-likeness (QED) is 0.882. The van der Waals surface area contributed by atoms with Crippen LogP contribution in [0.2, 0.25) is 0 Å². The number of amides is 1. The fourth-order valence-electron chi connectivity index (χ4n) is 2.50. The maximum absolute atomic E-state index is 12.3. The van der Waals surface area contributed by atoms with Crippen LogP contribution in [0.4, 0.5) is 0 Å². The van der Waals surface area contributed by atoms with Crippen molar-refractivity contribution in [1.29, 1.82) is 0 Å². The van der Waals surface area contributed by atoms with E-state index in [9.17, 15) is 4.79 Å². The van der Waals surface area contributed by atoms with E-state index in [1.807, 2.05) is 30.0 Å². The van der Waals surface area contributed by atoms with E-state index in [1.165, 1.54) is 0 Å². The van der Waals surface area contributed by atoms with Crippen molar-refractivity contribution in [1.82, 2.24) is 10.2 Å². The van der Waals surface area contributed by atoms with Crippen LogP contribution >= 0.6 is 0 Å². The Morgan fingerprint density at radius 3 is 2.85 bits per heavy atom. The summed E-state index contributed by atoms with van der Waals surface area (Å²) in [5.74, 6) is 2.29. The van der Waals surface area contributed by atoms with Gasteiger partial charge in [0.05, 0.1) is 0 Å². The lowest BCUT2D eigenvalue weighted by Gasteiger charge is -2.29. The topological polar surface area (TPSA) is 50.8 Å². The van der Waals surface area contributed by atoms with Gasteiger partial charge in [-0.2, -0.15) is 0 Å². The Balaban J connectivity index is 1.63. The Hall–Kier alpha value is -1.75. The minimum Gasteiger partial charge on any atom is -0.454 e. The molecule has 1 aromatic rings. The molecule has 0 spiro atoms. The average molecular weight is 276 g/mol. The minimum atomic E-state index is 0.233. The minimum absolute atomic E-state index is 0.233. The van der Waals surface area contributed by atoms with Gasteiger partial charge in [0.15, 0.2) is 11.5 Å². The van der Waals surface area contributed by atoms with Crippen molar-refractivity contribution in [3.05, 3.63) is 23.8 Å². The monoisotopic (exact) mass is 276 g/mol. The predicted molar refractivity (Wildman–Crippen MR) is 74.6 cm³/mol. The molecule has 0 unspecified atom stereocenters. The van der Waals surface area contributed by atoms with E-state index in [0.29, 0.717) is 18.9 Å². The van der Waals surface area contributed by atoms with E-state index in [1.54, 1.807) is 0 Å². The van der Waals surface area contributed by atoms with Gasteiger partial charge in [-0.1, -0.05) is 6.07 Å². The molecule has 1 amide bonds. The van der Waals surface area contributed by atoms with E-state index in [4.69, 9.17) is 9.47 Å². The number of carbonyl (C=O) groups excluding carboxylic acids is 1. The third-order valence-electron chi connectivity index (χ3n) is 3.87. The molecular formula is C15H20N2O3. The lowest BCUT2D eigenvalue weighted by Crippen LogP contribution is -2.45. The molecule has 1 saturated heterocycles. The van der Waals surface area contributed by atoms with Crippen molar-refractivity contribution in [2.24, 2.45) is 5.92 Å². The summed E-state index contributed by atoms with van der Waals surface area (Å²) in [6.07, 6.45) is 0.644.